The summed E-state index contributed by atoms with van der Waals surface area (Å²) in [5.41, 5.74) is 4.14. The Morgan fingerprint density at radius 3 is 2.40 bits per heavy atom. The topological polar surface area (TPSA) is 39.3 Å². The second-order valence-electron chi connectivity index (χ2n) is 6.76. The van der Waals surface area contributed by atoms with Crippen LogP contribution in [0.2, 0.25) is 0 Å². The van der Waals surface area contributed by atoms with Gasteiger partial charge in [0, 0.05) is 49.0 Å². The van der Waals surface area contributed by atoms with Gasteiger partial charge in [0.2, 0.25) is 0 Å². The standard InChI is InChI=1S/C21H25N3O/c1-15(21(25)19-13-22-20-8-6-5-7-18(19)20)24(4)14-16-9-11-17(12-10-16)23(2)3/h5-13,15,22H,14H2,1-4H3/t15-/m1/s1. The number of carbonyl (C=O) groups is 1. The van der Waals surface area contributed by atoms with Gasteiger partial charge in [-0.15, -0.1) is 0 Å². The number of nitrogens with zero attached hydrogens (tertiary/aromatic N) is 2. The van der Waals surface area contributed by atoms with Gasteiger partial charge in [-0.2, -0.15) is 0 Å². The number of hydrogen-bond acceptors (Lipinski definition) is 3. The number of likely N-dealkylation sites (N-methyl/N-ethyl adjacent to an activating group) is 1. The molecule has 3 aromatic rings. The minimum atomic E-state index is -0.187. The molecule has 130 valence electrons. The highest BCUT2D eigenvalue weighted by molar-refractivity contribution is 6.10. The Hall–Kier alpha value is -2.59. The molecule has 0 aliphatic rings. The Kier molecular flexibility index (Phi) is 4.91. The summed E-state index contributed by atoms with van der Waals surface area (Å²) in [6, 6.07) is 16.2. The van der Waals surface area contributed by atoms with E-state index in [-0.39, 0.29) is 11.8 Å². The number of hydrogen-bond donors (Lipinski definition) is 1. The zero-order chi connectivity index (χ0) is 18.0. The third-order valence-corrected chi connectivity index (χ3v) is 4.78. The molecule has 0 saturated heterocycles. The quantitative estimate of drug-likeness (QED) is 0.694. The highest BCUT2D eigenvalue weighted by Crippen LogP contribution is 2.21. The predicted octanol–water partition coefficient (Wildman–Crippen LogP) is 3.94. The summed E-state index contributed by atoms with van der Waals surface area (Å²) >= 11 is 0. The molecule has 2 aromatic carbocycles. The van der Waals surface area contributed by atoms with Crippen LogP contribution in [0.25, 0.3) is 10.9 Å². The van der Waals surface area contributed by atoms with Crippen molar-refractivity contribution in [3.05, 3.63) is 65.9 Å². The van der Waals surface area contributed by atoms with Crippen molar-refractivity contribution in [1.82, 2.24) is 9.88 Å². The number of anilines is 1. The summed E-state index contributed by atoms with van der Waals surface area (Å²) in [5.74, 6) is 0.143. The van der Waals surface area contributed by atoms with E-state index in [1.807, 2.05) is 58.5 Å². The highest BCUT2D eigenvalue weighted by Gasteiger charge is 2.22. The number of ketones is 1. The van der Waals surface area contributed by atoms with Gasteiger partial charge in [-0.3, -0.25) is 9.69 Å². The third kappa shape index (κ3) is 3.59. The van der Waals surface area contributed by atoms with Crippen LogP contribution in [0.1, 0.15) is 22.8 Å². The summed E-state index contributed by atoms with van der Waals surface area (Å²) in [6.07, 6.45) is 1.82. The number of fused-ring (bicyclic) bond motifs is 1. The first-order valence-electron chi connectivity index (χ1n) is 8.54. The minimum Gasteiger partial charge on any atom is -0.378 e. The molecule has 1 N–H and O–H groups in total. The molecule has 0 bridgehead atoms. The molecule has 25 heavy (non-hydrogen) atoms. The lowest BCUT2D eigenvalue weighted by molar-refractivity contribution is 0.0864. The van der Waals surface area contributed by atoms with Gasteiger partial charge in [-0.25, -0.2) is 0 Å². The smallest absolute Gasteiger partial charge is 0.181 e. The average Bonchev–Trinajstić information content (AvgIpc) is 3.05. The van der Waals surface area contributed by atoms with Crippen LogP contribution in [0.15, 0.2) is 54.7 Å². The van der Waals surface area contributed by atoms with Crippen LogP contribution in [0.5, 0.6) is 0 Å². The number of benzene rings is 2. The van der Waals surface area contributed by atoms with E-state index >= 15 is 0 Å². The molecule has 1 aromatic heterocycles. The second kappa shape index (κ2) is 7.11. The van der Waals surface area contributed by atoms with Crippen LogP contribution in [0.4, 0.5) is 5.69 Å². The summed E-state index contributed by atoms with van der Waals surface area (Å²) in [4.78, 5) is 20.3. The van der Waals surface area contributed by atoms with Crippen LogP contribution in [-0.4, -0.2) is 42.9 Å². The number of H-pyrrole nitrogens is 1. The van der Waals surface area contributed by atoms with Crippen LogP contribution in [0, 0.1) is 0 Å². The summed E-state index contributed by atoms with van der Waals surface area (Å²) < 4.78 is 0. The molecule has 0 unspecified atom stereocenters. The van der Waals surface area contributed by atoms with Crippen molar-refractivity contribution in [2.75, 3.05) is 26.0 Å². The summed E-state index contributed by atoms with van der Waals surface area (Å²) in [7, 11) is 6.06. The largest absolute Gasteiger partial charge is 0.378 e. The Morgan fingerprint density at radius 1 is 1.04 bits per heavy atom. The van der Waals surface area contributed by atoms with Crippen molar-refractivity contribution in [2.24, 2.45) is 0 Å². The van der Waals surface area contributed by atoms with Gasteiger partial charge >= 0.3 is 0 Å². The number of aromatic nitrogens is 1. The predicted molar refractivity (Wildman–Crippen MR) is 104 cm³/mol. The van der Waals surface area contributed by atoms with E-state index in [2.05, 4.69) is 39.0 Å². The van der Waals surface area contributed by atoms with Gasteiger partial charge in [0.15, 0.2) is 5.78 Å². The molecular formula is C21H25N3O. The Labute approximate surface area is 149 Å². The fourth-order valence-electron chi connectivity index (χ4n) is 3.03. The molecule has 0 radical (unpaired) electrons. The van der Waals surface area contributed by atoms with E-state index in [0.29, 0.717) is 0 Å². The van der Waals surface area contributed by atoms with E-state index in [0.717, 1.165) is 23.0 Å². The fraction of sp³-hybridized carbons (Fsp3) is 0.286. The Balaban J connectivity index is 1.73. The molecule has 0 aliphatic heterocycles. The van der Waals surface area contributed by atoms with Gasteiger partial charge < -0.3 is 9.88 Å². The molecule has 4 nitrogen and oxygen atoms in total. The summed E-state index contributed by atoms with van der Waals surface area (Å²) in [6.45, 7) is 2.71. The number of Topliss-reactive ketones (excluding diaryl/α,β-unsaturated/α-hetero) is 1. The molecule has 0 fully saturated rings. The van der Waals surface area contributed by atoms with Crippen molar-refractivity contribution < 1.29 is 4.79 Å². The summed E-state index contributed by atoms with van der Waals surface area (Å²) in [5, 5.41) is 0.989. The fourth-order valence-corrected chi connectivity index (χ4v) is 3.03. The number of aromatic amines is 1. The van der Waals surface area contributed by atoms with Crippen molar-refractivity contribution >= 4 is 22.4 Å². The number of para-hydroxylation sites is 1. The number of nitrogens with one attached hydrogen (secondary N) is 1. The van der Waals surface area contributed by atoms with Crippen molar-refractivity contribution in [3.8, 4) is 0 Å². The van der Waals surface area contributed by atoms with Crippen molar-refractivity contribution in [1.29, 1.82) is 0 Å². The van der Waals surface area contributed by atoms with Crippen LogP contribution in [0.3, 0.4) is 0 Å². The highest BCUT2D eigenvalue weighted by atomic mass is 16.1. The maximum absolute atomic E-state index is 12.9. The third-order valence-electron chi connectivity index (χ3n) is 4.78. The van der Waals surface area contributed by atoms with E-state index in [1.54, 1.807) is 0 Å². The molecule has 0 aliphatic carbocycles. The normalized spacial score (nSPS) is 12.5. The minimum absolute atomic E-state index is 0.143. The zero-order valence-corrected chi connectivity index (χ0v) is 15.3. The first-order chi connectivity index (χ1) is 12.0. The van der Waals surface area contributed by atoms with Crippen molar-refractivity contribution in [2.45, 2.75) is 19.5 Å². The van der Waals surface area contributed by atoms with Gasteiger partial charge in [-0.05, 0) is 37.7 Å². The Morgan fingerprint density at radius 2 is 1.72 bits per heavy atom. The maximum atomic E-state index is 12.9. The molecule has 4 heteroatoms. The average molecular weight is 335 g/mol. The molecule has 0 spiro atoms. The van der Waals surface area contributed by atoms with Gasteiger partial charge in [0.1, 0.15) is 0 Å². The van der Waals surface area contributed by atoms with Crippen LogP contribution in [-0.2, 0) is 6.54 Å². The molecule has 0 amide bonds. The van der Waals surface area contributed by atoms with E-state index in [9.17, 15) is 4.79 Å². The molecular weight excluding hydrogens is 310 g/mol. The van der Waals surface area contributed by atoms with Gasteiger partial charge in [-0.1, -0.05) is 30.3 Å². The number of rotatable bonds is 6. The van der Waals surface area contributed by atoms with Gasteiger partial charge in [0.25, 0.3) is 0 Å². The van der Waals surface area contributed by atoms with E-state index < -0.39 is 0 Å². The first kappa shape index (κ1) is 17.2. The first-order valence-corrected chi connectivity index (χ1v) is 8.54. The lowest BCUT2D eigenvalue weighted by Crippen LogP contribution is -2.35. The lowest BCUT2D eigenvalue weighted by Gasteiger charge is -2.24. The van der Waals surface area contributed by atoms with Crippen molar-refractivity contribution in [3.63, 3.8) is 0 Å². The molecule has 3 rings (SSSR count). The van der Waals surface area contributed by atoms with Crippen LogP contribution >= 0.6 is 0 Å². The SMILES string of the molecule is C[C@H](C(=O)c1c[nH]c2ccccc12)N(C)Cc1ccc(N(C)C)cc1. The maximum Gasteiger partial charge on any atom is 0.181 e. The van der Waals surface area contributed by atoms with E-state index in [1.165, 1.54) is 11.3 Å². The zero-order valence-electron chi connectivity index (χ0n) is 15.3. The molecule has 1 atom stereocenters. The lowest BCUT2D eigenvalue weighted by atomic mass is 10.0. The molecule has 1 heterocycles. The molecule has 0 saturated carbocycles. The van der Waals surface area contributed by atoms with Crippen LogP contribution < -0.4 is 4.90 Å². The number of carbonyl (C=O) groups excluding carboxylic acids is 1. The van der Waals surface area contributed by atoms with E-state index in [4.69, 9.17) is 0 Å². The monoisotopic (exact) mass is 335 g/mol. The second-order valence-corrected chi connectivity index (χ2v) is 6.76. The van der Waals surface area contributed by atoms with Gasteiger partial charge in [0.05, 0.1) is 6.04 Å². The Bertz CT molecular complexity index is 864.